The van der Waals surface area contributed by atoms with E-state index in [9.17, 15) is 0 Å². The minimum absolute atomic E-state index is 0.309. The van der Waals surface area contributed by atoms with Gasteiger partial charge in [-0.05, 0) is 36.2 Å². The third-order valence-electron chi connectivity index (χ3n) is 4.36. The highest BCUT2D eigenvalue weighted by atomic mass is 15.3. The third kappa shape index (κ3) is 2.50. The van der Waals surface area contributed by atoms with Crippen LogP contribution in [-0.2, 0) is 0 Å². The summed E-state index contributed by atoms with van der Waals surface area (Å²) in [7, 11) is 0. The van der Waals surface area contributed by atoms with Crippen LogP contribution < -0.4 is 0 Å². The van der Waals surface area contributed by atoms with Gasteiger partial charge in [0.25, 0.3) is 0 Å². The van der Waals surface area contributed by atoms with E-state index in [0.717, 1.165) is 11.4 Å². The molecule has 4 rings (SSSR count). The summed E-state index contributed by atoms with van der Waals surface area (Å²) in [5.41, 5.74) is 4.57. The Labute approximate surface area is 142 Å². The molecule has 0 bridgehead atoms. The van der Waals surface area contributed by atoms with E-state index in [0.29, 0.717) is 6.04 Å². The van der Waals surface area contributed by atoms with Crippen molar-refractivity contribution in [1.82, 2.24) is 9.78 Å². The van der Waals surface area contributed by atoms with Crippen LogP contribution in [0.25, 0.3) is 33.3 Å². The van der Waals surface area contributed by atoms with Gasteiger partial charge in [0, 0.05) is 11.6 Å². The molecule has 4 aromatic rings. The molecule has 0 amide bonds. The van der Waals surface area contributed by atoms with Crippen LogP contribution >= 0.6 is 0 Å². The Morgan fingerprint density at radius 2 is 1.50 bits per heavy atom. The molecule has 118 valence electrons. The van der Waals surface area contributed by atoms with Gasteiger partial charge in [0.05, 0.1) is 11.4 Å². The molecule has 24 heavy (non-hydrogen) atoms. The van der Waals surface area contributed by atoms with Crippen molar-refractivity contribution in [3.8, 4) is 22.5 Å². The molecular formula is C22H20N2. The summed E-state index contributed by atoms with van der Waals surface area (Å²) in [6, 6.07) is 27.9. The van der Waals surface area contributed by atoms with Crippen molar-refractivity contribution in [3.63, 3.8) is 0 Å². The minimum atomic E-state index is 0.309. The van der Waals surface area contributed by atoms with Crippen LogP contribution in [-0.4, -0.2) is 9.78 Å². The minimum Gasteiger partial charge on any atom is -0.262 e. The van der Waals surface area contributed by atoms with Crippen LogP contribution in [0.2, 0.25) is 0 Å². The Kier molecular flexibility index (Phi) is 3.66. The lowest BCUT2D eigenvalue weighted by Gasteiger charge is -2.10. The van der Waals surface area contributed by atoms with Crippen LogP contribution in [0, 0.1) is 0 Å². The van der Waals surface area contributed by atoms with E-state index in [1.807, 2.05) is 6.07 Å². The van der Waals surface area contributed by atoms with Crippen LogP contribution in [0.5, 0.6) is 0 Å². The fourth-order valence-corrected chi connectivity index (χ4v) is 3.19. The standard InChI is InChI=1S/C22H20N2/c1-16(2)24-22(18-10-4-3-5-11-18)15-21(23-24)20-14-8-12-17-9-6-7-13-19(17)20/h3-16H,1-2H3. The number of rotatable bonds is 3. The summed E-state index contributed by atoms with van der Waals surface area (Å²) in [5, 5.41) is 7.41. The van der Waals surface area contributed by atoms with Gasteiger partial charge in [-0.15, -0.1) is 0 Å². The third-order valence-corrected chi connectivity index (χ3v) is 4.36. The van der Waals surface area contributed by atoms with Gasteiger partial charge in [0.15, 0.2) is 0 Å². The second-order valence-corrected chi connectivity index (χ2v) is 6.35. The molecule has 1 aromatic heterocycles. The first-order valence-electron chi connectivity index (χ1n) is 8.37. The quantitative estimate of drug-likeness (QED) is 0.457. The molecule has 0 fully saturated rings. The van der Waals surface area contributed by atoms with Crippen LogP contribution in [0.15, 0.2) is 78.9 Å². The van der Waals surface area contributed by atoms with E-state index < -0.39 is 0 Å². The van der Waals surface area contributed by atoms with E-state index in [1.165, 1.54) is 21.9 Å². The molecule has 1 heterocycles. The van der Waals surface area contributed by atoms with E-state index in [-0.39, 0.29) is 0 Å². The largest absolute Gasteiger partial charge is 0.262 e. The fourth-order valence-electron chi connectivity index (χ4n) is 3.19. The Balaban J connectivity index is 1.93. The number of aromatic nitrogens is 2. The van der Waals surface area contributed by atoms with Crippen molar-refractivity contribution in [1.29, 1.82) is 0 Å². The molecule has 0 aliphatic heterocycles. The highest BCUT2D eigenvalue weighted by molar-refractivity contribution is 5.96. The number of hydrogen-bond donors (Lipinski definition) is 0. The normalized spacial score (nSPS) is 11.3. The smallest absolute Gasteiger partial charge is 0.0936 e. The molecule has 0 unspecified atom stereocenters. The highest BCUT2D eigenvalue weighted by Gasteiger charge is 2.14. The summed E-state index contributed by atoms with van der Waals surface area (Å²) in [6.07, 6.45) is 0. The summed E-state index contributed by atoms with van der Waals surface area (Å²) in [4.78, 5) is 0. The molecular weight excluding hydrogens is 292 g/mol. The van der Waals surface area contributed by atoms with E-state index in [4.69, 9.17) is 5.10 Å². The molecule has 0 radical (unpaired) electrons. The van der Waals surface area contributed by atoms with Crippen LogP contribution in [0.4, 0.5) is 0 Å². The number of fused-ring (bicyclic) bond motifs is 1. The zero-order valence-corrected chi connectivity index (χ0v) is 14.0. The maximum absolute atomic E-state index is 4.92. The predicted molar refractivity (Wildman–Crippen MR) is 101 cm³/mol. The van der Waals surface area contributed by atoms with Crippen molar-refractivity contribution in [2.24, 2.45) is 0 Å². The summed E-state index contributed by atoms with van der Waals surface area (Å²) < 4.78 is 2.12. The highest BCUT2D eigenvalue weighted by Crippen LogP contribution is 2.32. The zero-order chi connectivity index (χ0) is 16.5. The SMILES string of the molecule is CC(C)n1nc(-c2cccc3ccccc23)cc1-c1ccccc1. The molecule has 0 aliphatic carbocycles. The molecule has 2 heteroatoms. The Morgan fingerprint density at radius 1 is 0.792 bits per heavy atom. The van der Waals surface area contributed by atoms with Gasteiger partial charge >= 0.3 is 0 Å². The molecule has 0 aliphatic rings. The molecule has 3 aromatic carbocycles. The molecule has 0 atom stereocenters. The molecule has 2 nitrogen and oxygen atoms in total. The van der Waals surface area contributed by atoms with Gasteiger partial charge in [-0.25, -0.2) is 0 Å². The topological polar surface area (TPSA) is 17.8 Å². The van der Waals surface area contributed by atoms with Crippen molar-refractivity contribution < 1.29 is 0 Å². The lowest BCUT2D eigenvalue weighted by molar-refractivity contribution is 0.540. The van der Waals surface area contributed by atoms with Gasteiger partial charge in [-0.2, -0.15) is 5.10 Å². The van der Waals surface area contributed by atoms with Crippen molar-refractivity contribution in [3.05, 3.63) is 78.9 Å². The Bertz CT molecular complexity index is 976. The summed E-state index contributed by atoms with van der Waals surface area (Å²) >= 11 is 0. The van der Waals surface area contributed by atoms with Crippen LogP contribution in [0.3, 0.4) is 0 Å². The Morgan fingerprint density at radius 3 is 2.29 bits per heavy atom. The number of nitrogens with zero attached hydrogens (tertiary/aromatic N) is 2. The average Bonchev–Trinajstić information content (AvgIpc) is 3.07. The van der Waals surface area contributed by atoms with Gasteiger partial charge in [0.1, 0.15) is 0 Å². The van der Waals surface area contributed by atoms with E-state index in [1.54, 1.807) is 0 Å². The van der Waals surface area contributed by atoms with Crippen molar-refractivity contribution in [2.45, 2.75) is 19.9 Å². The first kappa shape index (κ1) is 14.7. The number of hydrogen-bond acceptors (Lipinski definition) is 1. The van der Waals surface area contributed by atoms with Crippen molar-refractivity contribution in [2.75, 3.05) is 0 Å². The van der Waals surface area contributed by atoms with Gasteiger partial charge in [-0.3, -0.25) is 4.68 Å². The maximum Gasteiger partial charge on any atom is 0.0936 e. The molecule has 0 saturated heterocycles. The van der Waals surface area contributed by atoms with Crippen molar-refractivity contribution >= 4 is 10.8 Å². The van der Waals surface area contributed by atoms with E-state index in [2.05, 4.69) is 91.3 Å². The molecule has 0 saturated carbocycles. The fraction of sp³-hybridized carbons (Fsp3) is 0.136. The summed E-state index contributed by atoms with van der Waals surface area (Å²) in [6.45, 7) is 4.35. The molecule has 0 N–H and O–H groups in total. The Hall–Kier alpha value is -2.87. The number of benzene rings is 3. The van der Waals surface area contributed by atoms with Gasteiger partial charge in [0.2, 0.25) is 0 Å². The molecule has 0 spiro atoms. The van der Waals surface area contributed by atoms with E-state index >= 15 is 0 Å². The maximum atomic E-state index is 4.92. The van der Waals surface area contributed by atoms with Crippen LogP contribution in [0.1, 0.15) is 19.9 Å². The second-order valence-electron chi connectivity index (χ2n) is 6.35. The first-order chi connectivity index (χ1) is 11.7. The lowest BCUT2D eigenvalue weighted by Crippen LogP contribution is -2.04. The lowest BCUT2D eigenvalue weighted by atomic mass is 10.0. The predicted octanol–water partition coefficient (Wildman–Crippen LogP) is 5.95. The van der Waals surface area contributed by atoms with Gasteiger partial charge in [-0.1, -0.05) is 72.8 Å². The first-order valence-corrected chi connectivity index (χ1v) is 8.37. The summed E-state index contributed by atoms with van der Waals surface area (Å²) in [5.74, 6) is 0. The zero-order valence-electron chi connectivity index (χ0n) is 14.0. The monoisotopic (exact) mass is 312 g/mol. The second kappa shape index (κ2) is 5.97. The average molecular weight is 312 g/mol. The van der Waals surface area contributed by atoms with Gasteiger partial charge < -0.3 is 0 Å².